The van der Waals surface area contributed by atoms with E-state index in [0.717, 1.165) is 16.9 Å². The molecule has 2 rings (SSSR count). The molecule has 1 aromatic rings. The molecule has 1 aliphatic heterocycles. The first-order valence-corrected chi connectivity index (χ1v) is 6.22. The van der Waals surface area contributed by atoms with E-state index in [0.29, 0.717) is 24.8 Å². The molecule has 100 valence electrons. The monoisotopic (exact) mass is 259 g/mol. The normalized spacial score (nSPS) is 18.4. The average Bonchev–Trinajstić information content (AvgIpc) is 2.56. The van der Waals surface area contributed by atoms with Crippen LogP contribution in [0.5, 0.6) is 0 Å². The fraction of sp³-hybridized carbons (Fsp3) is 0.385. The zero-order valence-corrected chi connectivity index (χ0v) is 10.9. The van der Waals surface area contributed by atoms with Crippen molar-refractivity contribution in [3.8, 4) is 0 Å². The highest BCUT2D eigenvalue weighted by Crippen LogP contribution is 2.09. The van der Waals surface area contributed by atoms with E-state index in [1.165, 1.54) is 0 Å². The van der Waals surface area contributed by atoms with Gasteiger partial charge >= 0.3 is 0 Å². The predicted octanol–water partition coefficient (Wildman–Crippen LogP) is 1.02. The minimum Gasteiger partial charge on any atom is -0.372 e. The highest BCUT2D eigenvalue weighted by atomic mass is 16.3. The van der Waals surface area contributed by atoms with Crippen LogP contribution in [-0.4, -0.2) is 24.0 Å². The molecule has 0 spiro atoms. The standard InChI is InChI=1S/C13H17N5O/c1-10-2-3-11-4-5-13(16-17-14)8-12(11)9-18(10)7-6-15-19/h3-5,8-10H,2,6-7H2,1H3,(H2,14,16). The maximum absolute atomic E-state index is 10.3. The van der Waals surface area contributed by atoms with Crippen molar-refractivity contribution in [3.05, 3.63) is 33.5 Å². The Labute approximate surface area is 111 Å². The fourth-order valence-corrected chi connectivity index (χ4v) is 2.17. The molecule has 0 saturated heterocycles. The van der Waals surface area contributed by atoms with Crippen molar-refractivity contribution in [1.29, 1.82) is 0 Å². The van der Waals surface area contributed by atoms with E-state index in [9.17, 15) is 4.91 Å². The Morgan fingerprint density at radius 2 is 2.26 bits per heavy atom. The lowest BCUT2D eigenvalue weighted by atomic mass is 10.2. The van der Waals surface area contributed by atoms with Gasteiger partial charge < -0.3 is 10.7 Å². The molecule has 1 unspecified atom stereocenters. The van der Waals surface area contributed by atoms with Crippen molar-refractivity contribution in [1.82, 2.24) is 4.90 Å². The Balaban J connectivity index is 2.43. The summed E-state index contributed by atoms with van der Waals surface area (Å²) in [7, 11) is 0. The van der Waals surface area contributed by atoms with E-state index < -0.39 is 0 Å². The van der Waals surface area contributed by atoms with Gasteiger partial charge in [0.1, 0.15) is 0 Å². The van der Waals surface area contributed by atoms with Gasteiger partial charge in [0.2, 0.25) is 0 Å². The summed E-state index contributed by atoms with van der Waals surface area (Å²) in [5.74, 6) is 5.07. The van der Waals surface area contributed by atoms with E-state index in [4.69, 9.17) is 5.84 Å². The first-order valence-electron chi connectivity index (χ1n) is 6.22. The lowest BCUT2D eigenvalue weighted by Gasteiger charge is -2.24. The molecule has 0 amide bonds. The highest BCUT2D eigenvalue weighted by Gasteiger charge is 2.11. The number of rotatable bonds is 4. The number of benzene rings is 1. The number of nitroso groups, excluding NO2 is 1. The SMILES string of the molecule is CC1CC=c2ccc(N=NN)cc2=CN1CCN=O. The Morgan fingerprint density at radius 3 is 3.00 bits per heavy atom. The summed E-state index contributed by atoms with van der Waals surface area (Å²) >= 11 is 0. The summed E-state index contributed by atoms with van der Waals surface area (Å²) in [6.07, 6.45) is 5.17. The number of hydrogen-bond donors (Lipinski definition) is 1. The molecule has 0 fully saturated rings. The van der Waals surface area contributed by atoms with Crippen molar-refractivity contribution < 1.29 is 0 Å². The van der Waals surface area contributed by atoms with Crippen LogP contribution in [0.1, 0.15) is 13.3 Å². The summed E-state index contributed by atoms with van der Waals surface area (Å²) in [5.41, 5.74) is 0.717. The van der Waals surface area contributed by atoms with E-state index in [-0.39, 0.29) is 0 Å². The Morgan fingerprint density at radius 1 is 1.42 bits per heavy atom. The van der Waals surface area contributed by atoms with Gasteiger partial charge in [-0.25, -0.2) is 0 Å². The van der Waals surface area contributed by atoms with Crippen LogP contribution in [0, 0.1) is 4.91 Å². The molecule has 1 atom stereocenters. The van der Waals surface area contributed by atoms with Gasteiger partial charge in [-0.05, 0) is 35.9 Å². The minimum atomic E-state index is 0.290. The average molecular weight is 259 g/mol. The molecule has 1 heterocycles. The van der Waals surface area contributed by atoms with Crippen molar-refractivity contribution in [3.63, 3.8) is 0 Å². The van der Waals surface area contributed by atoms with Gasteiger partial charge in [0.15, 0.2) is 0 Å². The number of hydrogen-bond acceptors (Lipinski definition) is 5. The van der Waals surface area contributed by atoms with Crippen LogP contribution in [0.3, 0.4) is 0 Å². The summed E-state index contributed by atoms with van der Waals surface area (Å²) in [6, 6.07) is 6.16. The Bertz CT molecular complexity index is 596. The van der Waals surface area contributed by atoms with Crippen LogP contribution in [0.4, 0.5) is 5.69 Å². The van der Waals surface area contributed by atoms with Gasteiger partial charge in [-0.1, -0.05) is 22.5 Å². The molecule has 0 bridgehead atoms. The molecular weight excluding hydrogens is 242 g/mol. The van der Waals surface area contributed by atoms with Crippen molar-refractivity contribution >= 4 is 18.0 Å². The van der Waals surface area contributed by atoms with E-state index >= 15 is 0 Å². The quantitative estimate of drug-likeness (QED) is 0.379. The molecule has 6 nitrogen and oxygen atoms in total. The molecule has 0 radical (unpaired) electrons. The second-order valence-corrected chi connectivity index (χ2v) is 4.54. The summed E-state index contributed by atoms with van der Waals surface area (Å²) < 4.78 is 0. The molecule has 6 heteroatoms. The molecule has 0 aromatic heterocycles. The van der Waals surface area contributed by atoms with E-state index in [1.54, 1.807) is 0 Å². The molecule has 19 heavy (non-hydrogen) atoms. The van der Waals surface area contributed by atoms with Gasteiger partial charge in [-0.2, -0.15) is 4.91 Å². The Kier molecular flexibility index (Phi) is 4.22. The van der Waals surface area contributed by atoms with Crippen LogP contribution in [0.2, 0.25) is 0 Å². The zero-order chi connectivity index (χ0) is 13.7. The van der Waals surface area contributed by atoms with Crippen molar-refractivity contribution in [2.75, 3.05) is 13.1 Å². The van der Waals surface area contributed by atoms with Gasteiger partial charge in [-0.15, -0.1) is 5.11 Å². The summed E-state index contributed by atoms with van der Waals surface area (Å²) in [5, 5.41) is 12.3. The zero-order valence-electron chi connectivity index (χ0n) is 10.9. The lowest BCUT2D eigenvalue weighted by molar-refractivity contribution is 0.337. The number of fused-ring (bicyclic) bond motifs is 1. The maximum atomic E-state index is 10.3. The maximum Gasteiger partial charge on any atom is 0.0986 e. The third kappa shape index (κ3) is 3.15. The van der Waals surface area contributed by atoms with Crippen LogP contribution < -0.4 is 16.3 Å². The largest absolute Gasteiger partial charge is 0.372 e. The third-order valence-electron chi connectivity index (χ3n) is 3.24. The van der Waals surface area contributed by atoms with Crippen molar-refractivity contribution in [2.24, 2.45) is 21.4 Å². The molecule has 1 aliphatic rings. The van der Waals surface area contributed by atoms with Crippen LogP contribution in [0.15, 0.2) is 33.7 Å². The van der Waals surface area contributed by atoms with Gasteiger partial charge in [0.05, 0.1) is 12.2 Å². The third-order valence-corrected chi connectivity index (χ3v) is 3.24. The van der Waals surface area contributed by atoms with E-state index in [1.807, 2.05) is 24.4 Å². The molecule has 0 aliphatic carbocycles. The van der Waals surface area contributed by atoms with E-state index in [2.05, 4.69) is 33.4 Å². The first-order chi connectivity index (χ1) is 9.24. The van der Waals surface area contributed by atoms with Gasteiger partial charge in [-0.3, -0.25) is 0 Å². The van der Waals surface area contributed by atoms with Crippen LogP contribution in [0.25, 0.3) is 12.3 Å². The number of nitrogens with two attached hydrogens (primary N) is 1. The summed E-state index contributed by atoms with van der Waals surface area (Å²) in [4.78, 5) is 12.4. The lowest BCUT2D eigenvalue weighted by Crippen LogP contribution is -2.32. The second kappa shape index (κ2) is 6.08. The highest BCUT2D eigenvalue weighted by molar-refractivity contribution is 5.44. The van der Waals surface area contributed by atoms with Crippen LogP contribution >= 0.6 is 0 Å². The Hall–Kier alpha value is -2.24. The molecule has 1 aromatic carbocycles. The predicted molar refractivity (Wildman–Crippen MR) is 74.8 cm³/mol. The molecule has 2 N–H and O–H groups in total. The number of nitrogens with zero attached hydrogens (tertiary/aromatic N) is 4. The molecule has 0 saturated carbocycles. The van der Waals surface area contributed by atoms with Crippen molar-refractivity contribution in [2.45, 2.75) is 19.4 Å². The molecular formula is C13H17N5O. The second-order valence-electron chi connectivity index (χ2n) is 4.54. The van der Waals surface area contributed by atoms with Gasteiger partial charge in [0.25, 0.3) is 0 Å². The fourth-order valence-electron chi connectivity index (χ4n) is 2.17. The smallest absolute Gasteiger partial charge is 0.0986 e. The van der Waals surface area contributed by atoms with Gasteiger partial charge in [0, 0.05) is 18.8 Å². The minimum absolute atomic E-state index is 0.290. The van der Waals surface area contributed by atoms with Crippen LogP contribution in [-0.2, 0) is 0 Å². The topological polar surface area (TPSA) is 83.4 Å². The summed E-state index contributed by atoms with van der Waals surface area (Å²) in [6.45, 7) is 3.04. The first kappa shape index (κ1) is 13.2.